The number of nitrogens with zero attached hydrogens (tertiary/aromatic N) is 1. The SMILES string of the molecule is CC[C@@H](C)NC(=O)C(=O)NCCc1ccccn1. The minimum atomic E-state index is -0.591. The van der Waals surface area contributed by atoms with Gasteiger partial charge in [0.2, 0.25) is 0 Å². The highest BCUT2D eigenvalue weighted by Gasteiger charge is 2.14. The van der Waals surface area contributed by atoms with Crippen LogP contribution in [0.15, 0.2) is 24.4 Å². The first kappa shape index (κ1) is 14.2. The van der Waals surface area contributed by atoms with Crippen molar-refractivity contribution in [2.24, 2.45) is 0 Å². The summed E-state index contributed by atoms with van der Waals surface area (Å²) in [5.41, 5.74) is 0.889. The molecule has 1 atom stereocenters. The van der Waals surface area contributed by atoms with Gasteiger partial charge in [-0.15, -0.1) is 0 Å². The first-order valence-corrected chi connectivity index (χ1v) is 6.12. The Morgan fingerprint density at radius 1 is 1.33 bits per heavy atom. The Balaban J connectivity index is 2.27. The van der Waals surface area contributed by atoms with Gasteiger partial charge < -0.3 is 10.6 Å². The summed E-state index contributed by atoms with van der Waals surface area (Å²) >= 11 is 0. The number of pyridine rings is 1. The van der Waals surface area contributed by atoms with E-state index in [9.17, 15) is 9.59 Å². The van der Waals surface area contributed by atoms with Crippen molar-refractivity contribution in [1.29, 1.82) is 0 Å². The molecule has 0 aromatic carbocycles. The number of carbonyl (C=O) groups is 2. The van der Waals surface area contributed by atoms with Gasteiger partial charge in [0.25, 0.3) is 0 Å². The minimum absolute atomic E-state index is 0.0130. The lowest BCUT2D eigenvalue weighted by Gasteiger charge is -2.11. The molecule has 1 rings (SSSR count). The number of amides is 2. The number of hydrogen-bond acceptors (Lipinski definition) is 3. The van der Waals surface area contributed by atoms with E-state index in [1.807, 2.05) is 32.0 Å². The maximum Gasteiger partial charge on any atom is 0.309 e. The lowest BCUT2D eigenvalue weighted by Crippen LogP contribution is -2.43. The van der Waals surface area contributed by atoms with Crippen molar-refractivity contribution in [3.8, 4) is 0 Å². The molecule has 0 spiro atoms. The van der Waals surface area contributed by atoms with E-state index >= 15 is 0 Å². The summed E-state index contributed by atoms with van der Waals surface area (Å²) in [5.74, 6) is -1.17. The zero-order valence-electron chi connectivity index (χ0n) is 10.8. The molecule has 0 unspecified atom stereocenters. The Morgan fingerprint density at radius 2 is 2.11 bits per heavy atom. The van der Waals surface area contributed by atoms with Gasteiger partial charge in [0.1, 0.15) is 0 Å². The highest BCUT2D eigenvalue weighted by molar-refractivity contribution is 6.35. The Labute approximate surface area is 107 Å². The van der Waals surface area contributed by atoms with Crippen LogP contribution in [-0.2, 0) is 16.0 Å². The second kappa shape index (κ2) is 7.42. The van der Waals surface area contributed by atoms with Crippen LogP contribution in [0.3, 0.4) is 0 Å². The van der Waals surface area contributed by atoms with E-state index in [1.54, 1.807) is 6.20 Å². The van der Waals surface area contributed by atoms with Crippen LogP contribution in [0.5, 0.6) is 0 Å². The van der Waals surface area contributed by atoms with Crippen molar-refractivity contribution in [1.82, 2.24) is 15.6 Å². The third kappa shape index (κ3) is 4.95. The standard InChI is InChI=1S/C13H19N3O2/c1-3-10(2)16-13(18)12(17)15-9-7-11-6-4-5-8-14-11/h4-6,8,10H,3,7,9H2,1-2H3,(H,15,17)(H,16,18)/t10-/m1/s1. The van der Waals surface area contributed by atoms with E-state index in [0.717, 1.165) is 12.1 Å². The van der Waals surface area contributed by atoms with Gasteiger partial charge in [-0.05, 0) is 25.5 Å². The van der Waals surface area contributed by atoms with Crippen molar-refractivity contribution in [2.45, 2.75) is 32.7 Å². The highest BCUT2D eigenvalue weighted by Crippen LogP contribution is 1.93. The molecule has 0 aliphatic rings. The van der Waals surface area contributed by atoms with Gasteiger partial charge in [-0.2, -0.15) is 0 Å². The second-order valence-corrected chi connectivity index (χ2v) is 4.11. The minimum Gasteiger partial charge on any atom is -0.347 e. The third-order valence-corrected chi connectivity index (χ3v) is 2.59. The lowest BCUT2D eigenvalue weighted by molar-refractivity contribution is -0.139. The van der Waals surface area contributed by atoms with E-state index in [0.29, 0.717) is 13.0 Å². The van der Waals surface area contributed by atoms with Gasteiger partial charge in [0.05, 0.1) is 0 Å². The molecule has 0 radical (unpaired) electrons. The van der Waals surface area contributed by atoms with Crippen LogP contribution in [0.2, 0.25) is 0 Å². The van der Waals surface area contributed by atoms with Gasteiger partial charge >= 0.3 is 11.8 Å². The Bertz CT molecular complexity index is 392. The van der Waals surface area contributed by atoms with E-state index in [2.05, 4.69) is 15.6 Å². The molecule has 0 aliphatic heterocycles. The number of rotatable bonds is 5. The molecule has 5 nitrogen and oxygen atoms in total. The summed E-state index contributed by atoms with van der Waals surface area (Å²) in [6.07, 6.45) is 3.11. The predicted molar refractivity (Wildman–Crippen MR) is 68.8 cm³/mol. The quantitative estimate of drug-likeness (QED) is 0.753. The van der Waals surface area contributed by atoms with Gasteiger partial charge in [-0.1, -0.05) is 13.0 Å². The monoisotopic (exact) mass is 249 g/mol. The average Bonchev–Trinajstić information content (AvgIpc) is 2.39. The molecule has 0 aliphatic carbocycles. The summed E-state index contributed by atoms with van der Waals surface area (Å²) in [6, 6.07) is 5.62. The van der Waals surface area contributed by atoms with Crippen molar-refractivity contribution >= 4 is 11.8 Å². The van der Waals surface area contributed by atoms with Crippen LogP contribution in [0.4, 0.5) is 0 Å². The number of nitrogens with one attached hydrogen (secondary N) is 2. The van der Waals surface area contributed by atoms with Crippen LogP contribution >= 0.6 is 0 Å². The Hall–Kier alpha value is -1.91. The zero-order chi connectivity index (χ0) is 13.4. The highest BCUT2D eigenvalue weighted by atomic mass is 16.2. The Morgan fingerprint density at radius 3 is 2.72 bits per heavy atom. The largest absolute Gasteiger partial charge is 0.347 e. The summed E-state index contributed by atoms with van der Waals surface area (Å²) in [7, 11) is 0. The molecule has 5 heteroatoms. The third-order valence-electron chi connectivity index (χ3n) is 2.59. The molecular formula is C13H19N3O2. The maximum atomic E-state index is 11.4. The van der Waals surface area contributed by atoms with Crippen LogP contribution in [0, 0.1) is 0 Å². The fourth-order valence-electron chi connectivity index (χ4n) is 1.32. The molecule has 2 N–H and O–H groups in total. The van der Waals surface area contributed by atoms with E-state index in [1.165, 1.54) is 0 Å². The first-order valence-electron chi connectivity index (χ1n) is 6.12. The summed E-state index contributed by atoms with van der Waals surface area (Å²) in [4.78, 5) is 27.0. The molecule has 98 valence electrons. The predicted octanol–water partition coefficient (Wildman–Crippen LogP) is 0.655. The number of carbonyl (C=O) groups excluding carboxylic acids is 2. The van der Waals surface area contributed by atoms with Crippen LogP contribution in [0.1, 0.15) is 26.0 Å². The van der Waals surface area contributed by atoms with Crippen molar-refractivity contribution < 1.29 is 9.59 Å². The summed E-state index contributed by atoms with van der Waals surface area (Å²) in [5, 5.41) is 5.18. The fourth-order valence-corrected chi connectivity index (χ4v) is 1.32. The molecule has 2 amide bonds. The van der Waals surface area contributed by atoms with E-state index in [-0.39, 0.29) is 6.04 Å². The molecule has 0 saturated carbocycles. The van der Waals surface area contributed by atoms with Gasteiger partial charge in [0.15, 0.2) is 0 Å². The van der Waals surface area contributed by atoms with E-state index < -0.39 is 11.8 Å². The molecule has 1 aromatic heterocycles. The zero-order valence-corrected chi connectivity index (χ0v) is 10.8. The van der Waals surface area contributed by atoms with Crippen LogP contribution < -0.4 is 10.6 Å². The normalized spacial score (nSPS) is 11.7. The average molecular weight is 249 g/mol. The van der Waals surface area contributed by atoms with Crippen molar-refractivity contribution in [3.05, 3.63) is 30.1 Å². The molecule has 1 heterocycles. The molecule has 0 bridgehead atoms. The molecule has 1 aromatic rings. The smallest absolute Gasteiger partial charge is 0.309 e. The van der Waals surface area contributed by atoms with Crippen molar-refractivity contribution in [3.63, 3.8) is 0 Å². The molecule has 0 fully saturated rings. The van der Waals surface area contributed by atoms with Crippen molar-refractivity contribution in [2.75, 3.05) is 6.54 Å². The second-order valence-electron chi connectivity index (χ2n) is 4.11. The number of hydrogen-bond donors (Lipinski definition) is 2. The van der Waals surface area contributed by atoms with Crippen LogP contribution in [-0.4, -0.2) is 29.4 Å². The van der Waals surface area contributed by atoms with E-state index in [4.69, 9.17) is 0 Å². The fraction of sp³-hybridized carbons (Fsp3) is 0.462. The number of aromatic nitrogens is 1. The Kier molecular flexibility index (Phi) is 5.84. The molecule has 18 heavy (non-hydrogen) atoms. The lowest BCUT2D eigenvalue weighted by atomic mass is 10.2. The molecule has 0 saturated heterocycles. The maximum absolute atomic E-state index is 11.4. The van der Waals surface area contributed by atoms with Crippen LogP contribution in [0.25, 0.3) is 0 Å². The van der Waals surface area contributed by atoms with Gasteiger partial charge in [-0.3, -0.25) is 14.6 Å². The summed E-state index contributed by atoms with van der Waals surface area (Å²) in [6.45, 7) is 4.22. The topological polar surface area (TPSA) is 71.1 Å². The first-order chi connectivity index (χ1) is 8.63. The summed E-state index contributed by atoms with van der Waals surface area (Å²) < 4.78 is 0. The van der Waals surface area contributed by atoms with Gasteiger partial charge in [0, 0.05) is 30.9 Å². The van der Waals surface area contributed by atoms with Gasteiger partial charge in [-0.25, -0.2) is 0 Å². The molecular weight excluding hydrogens is 230 g/mol.